The molecule has 0 aliphatic rings. The fourth-order valence-electron chi connectivity index (χ4n) is 1.09. The zero-order chi connectivity index (χ0) is 15.8. The maximum absolute atomic E-state index is 12.7. The molecule has 2 rings (SSSR count). The fourth-order valence-corrected chi connectivity index (χ4v) is 1.09. The van der Waals surface area contributed by atoms with Crippen LogP contribution < -0.4 is 20.5 Å². The van der Waals surface area contributed by atoms with Gasteiger partial charge in [0, 0.05) is 7.05 Å². The van der Waals surface area contributed by atoms with Crippen LogP contribution in [0.2, 0.25) is 0 Å². The molecule has 0 amide bonds. The van der Waals surface area contributed by atoms with E-state index < -0.39 is 11.6 Å². The van der Waals surface area contributed by atoms with Crippen molar-refractivity contribution in [3.05, 3.63) is 24.0 Å². The van der Waals surface area contributed by atoms with Crippen LogP contribution in [0.3, 0.4) is 0 Å². The lowest BCUT2D eigenvalue weighted by molar-refractivity contribution is 0.377. The summed E-state index contributed by atoms with van der Waals surface area (Å²) in [7, 11) is 4.38. The molecule has 21 heavy (non-hydrogen) atoms. The van der Waals surface area contributed by atoms with Crippen LogP contribution in [0.25, 0.3) is 0 Å². The first-order valence-electron chi connectivity index (χ1n) is 5.58. The van der Waals surface area contributed by atoms with Gasteiger partial charge < -0.3 is 20.5 Å². The second kappa shape index (κ2) is 7.72. The van der Waals surface area contributed by atoms with Gasteiger partial charge in [-0.15, -0.1) is 0 Å². The second-order valence-electron chi connectivity index (χ2n) is 3.39. The molecule has 0 bridgehead atoms. The summed E-state index contributed by atoms with van der Waals surface area (Å²) < 4.78 is 34.3. The molecule has 114 valence electrons. The van der Waals surface area contributed by atoms with E-state index in [0.29, 0.717) is 0 Å². The molecule has 2 aromatic heterocycles. The van der Waals surface area contributed by atoms with Gasteiger partial charge in [0.2, 0.25) is 0 Å². The monoisotopic (exact) mass is 300 g/mol. The smallest absolute Gasteiger partial charge is 0.318 e. The summed E-state index contributed by atoms with van der Waals surface area (Å²) >= 11 is 0. The van der Waals surface area contributed by atoms with Crippen LogP contribution in [-0.4, -0.2) is 41.2 Å². The van der Waals surface area contributed by atoms with Crippen molar-refractivity contribution in [3.63, 3.8) is 0 Å². The van der Waals surface area contributed by atoms with Crippen molar-refractivity contribution in [1.29, 1.82) is 0 Å². The Balaban J connectivity index is 0.000000211. The minimum absolute atomic E-state index is 0.0684. The first kappa shape index (κ1) is 16.3. The minimum Gasteiger partial charge on any atom is -0.467 e. The summed E-state index contributed by atoms with van der Waals surface area (Å²) in [6.07, 6.45) is 2.01. The molecule has 0 radical (unpaired) electrons. The Hall–Kier alpha value is -2.78. The number of halogens is 2. The van der Waals surface area contributed by atoms with Crippen LogP contribution in [0, 0.1) is 11.6 Å². The number of hydrogen-bond donors (Lipinski definition) is 2. The topological polar surface area (TPSA) is 108 Å². The average molecular weight is 300 g/mol. The fraction of sp³-hybridized carbons (Fsp3) is 0.273. The lowest BCUT2D eigenvalue weighted by atomic mass is 10.5. The van der Waals surface area contributed by atoms with Gasteiger partial charge >= 0.3 is 12.0 Å². The third-order valence-corrected chi connectivity index (χ3v) is 2.07. The Kier molecular flexibility index (Phi) is 5.99. The van der Waals surface area contributed by atoms with Crippen LogP contribution in [0.5, 0.6) is 12.0 Å². The van der Waals surface area contributed by atoms with Crippen molar-refractivity contribution in [1.82, 2.24) is 19.9 Å². The SMILES string of the molecule is CNc1nc(OC)ncc1F.COc1ncc(F)c(N)n1. The summed E-state index contributed by atoms with van der Waals surface area (Å²) in [5, 5.41) is 2.56. The lowest BCUT2D eigenvalue weighted by Crippen LogP contribution is -2.00. The number of anilines is 2. The predicted octanol–water partition coefficient (Wildman–Crippen LogP) is 0.872. The van der Waals surface area contributed by atoms with Gasteiger partial charge in [0.25, 0.3) is 0 Å². The molecule has 8 nitrogen and oxygen atoms in total. The van der Waals surface area contributed by atoms with Crippen molar-refractivity contribution in [3.8, 4) is 12.0 Å². The number of aromatic nitrogens is 4. The van der Waals surface area contributed by atoms with E-state index in [2.05, 4.69) is 34.7 Å². The standard InChI is InChI=1S/C6H8FN3O.C5H6FN3O/c1-8-5-4(7)3-9-6(10-5)11-2;1-10-5-8-2-3(6)4(7)9-5/h3H,1-2H3,(H,8,9,10);2H,1H3,(H2,7,8,9). The van der Waals surface area contributed by atoms with Crippen LogP contribution in [0.1, 0.15) is 0 Å². The summed E-state index contributed by atoms with van der Waals surface area (Å²) in [5.41, 5.74) is 5.09. The van der Waals surface area contributed by atoms with Crippen LogP contribution >= 0.6 is 0 Å². The molecule has 0 aliphatic carbocycles. The molecule has 10 heteroatoms. The number of nitrogens with two attached hydrogens (primary N) is 1. The maximum Gasteiger partial charge on any atom is 0.318 e. The highest BCUT2D eigenvalue weighted by molar-refractivity contribution is 5.34. The Bertz CT molecular complexity index is 599. The predicted molar refractivity (Wildman–Crippen MR) is 71.0 cm³/mol. The van der Waals surface area contributed by atoms with Gasteiger partial charge in [0.05, 0.1) is 26.6 Å². The molecule has 0 unspecified atom stereocenters. The largest absolute Gasteiger partial charge is 0.467 e. The van der Waals surface area contributed by atoms with E-state index in [9.17, 15) is 8.78 Å². The Morgan fingerprint density at radius 3 is 2.00 bits per heavy atom. The van der Waals surface area contributed by atoms with Crippen LogP contribution in [-0.2, 0) is 0 Å². The normalized spacial score (nSPS) is 9.38. The molecule has 0 aromatic carbocycles. The highest BCUT2D eigenvalue weighted by Gasteiger charge is 2.03. The third kappa shape index (κ3) is 4.67. The van der Waals surface area contributed by atoms with Gasteiger partial charge in [-0.05, 0) is 0 Å². The van der Waals surface area contributed by atoms with Crippen molar-refractivity contribution >= 4 is 11.6 Å². The van der Waals surface area contributed by atoms with Gasteiger partial charge in [0.15, 0.2) is 23.3 Å². The van der Waals surface area contributed by atoms with Crippen LogP contribution in [0.15, 0.2) is 12.4 Å². The summed E-state index contributed by atoms with van der Waals surface area (Å²) in [5.74, 6) is -1.20. The van der Waals surface area contributed by atoms with Crippen molar-refractivity contribution in [2.75, 3.05) is 32.3 Å². The molecule has 2 heterocycles. The number of nitrogens with zero attached hydrogens (tertiary/aromatic N) is 4. The van der Waals surface area contributed by atoms with Gasteiger partial charge in [-0.3, -0.25) is 0 Å². The number of hydrogen-bond acceptors (Lipinski definition) is 8. The number of nitrogen functional groups attached to an aromatic ring is 1. The number of nitrogens with one attached hydrogen (secondary N) is 1. The van der Waals surface area contributed by atoms with Gasteiger partial charge in [-0.25, -0.2) is 18.7 Å². The summed E-state index contributed by atoms with van der Waals surface area (Å²) in [6, 6.07) is 0.217. The van der Waals surface area contributed by atoms with Crippen molar-refractivity contribution < 1.29 is 18.3 Å². The molecule has 2 aromatic rings. The van der Waals surface area contributed by atoms with E-state index in [-0.39, 0.29) is 23.7 Å². The molecule has 0 fully saturated rings. The summed E-state index contributed by atoms with van der Waals surface area (Å²) in [4.78, 5) is 14.2. The lowest BCUT2D eigenvalue weighted by Gasteiger charge is -2.01. The first-order chi connectivity index (χ1) is 10.0. The van der Waals surface area contributed by atoms with Crippen molar-refractivity contribution in [2.24, 2.45) is 0 Å². The Labute approximate surface area is 119 Å². The van der Waals surface area contributed by atoms with Crippen LogP contribution in [0.4, 0.5) is 20.4 Å². The number of ether oxygens (including phenoxy) is 2. The highest BCUT2D eigenvalue weighted by atomic mass is 19.1. The second-order valence-corrected chi connectivity index (χ2v) is 3.39. The zero-order valence-corrected chi connectivity index (χ0v) is 11.6. The Morgan fingerprint density at radius 1 is 1.00 bits per heavy atom. The molecule has 0 atom stereocenters. The first-order valence-corrected chi connectivity index (χ1v) is 5.58. The third-order valence-electron chi connectivity index (χ3n) is 2.07. The van der Waals surface area contributed by atoms with Crippen molar-refractivity contribution in [2.45, 2.75) is 0 Å². The molecule has 0 spiro atoms. The van der Waals surface area contributed by atoms with Gasteiger partial charge in [-0.2, -0.15) is 9.97 Å². The minimum atomic E-state index is -0.638. The van der Waals surface area contributed by atoms with E-state index >= 15 is 0 Å². The summed E-state index contributed by atoms with van der Waals surface area (Å²) in [6.45, 7) is 0. The van der Waals surface area contributed by atoms with E-state index in [1.807, 2.05) is 0 Å². The maximum atomic E-state index is 12.7. The number of rotatable bonds is 3. The van der Waals surface area contributed by atoms with Gasteiger partial charge in [-0.1, -0.05) is 0 Å². The number of methoxy groups -OCH3 is 2. The molecular formula is C11H14F2N6O2. The highest BCUT2D eigenvalue weighted by Crippen LogP contribution is 2.11. The molecule has 3 N–H and O–H groups in total. The Morgan fingerprint density at radius 2 is 1.52 bits per heavy atom. The van der Waals surface area contributed by atoms with E-state index in [1.165, 1.54) is 14.2 Å². The van der Waals surface area contributed by atoms with E-state index in [4.69, 9.17) is 5.73 Å². The van der Waals surface area contributed by atoms with E-state index in [0.717, 1.165) is 12.4 Å². The quantitative estimate of drug-likeness (QED) is 0.859. The molecule has 0 saturated carbocycles. The zero-order valence-electron chi connectivity index (χ0n) is 11.6. The van der Waals surface area contributed by atoms with Gasteiger partial charge in [0.1, 0.15) is 0 Å². The van der Waals surface area contributed by atoms with E-state index in [1.54, 1.807) is 7.05 Å². The average Bonchev–Trinajstić information content (AvgIpc) is 2.51. The molecular weight excluding hydrogens is 286 g/mol. The molecule has 0 aliphatic heterocycles. The molecule has 0 saturated heterocycles.